The normalized spacial score (nSPS) is 11.6. The van der Waals surface area contributed by atoms with Crippen molar-refractivity contribution in [2.45, 2.75) is 45.7 Å². The van der Waals surface area contributed by atoms with Crippen LogP contribution in [0, 0.1) is 25.2 Å². The summed E-state index contributed by atoms with van der Waals surface area (Å²) in [5, 5.41) is 16.4. The van der Waals surface area contributed by atoms with Gasteiger partial charge in [0.1, 0.15) is 0 Å². The van der Waals surface area contributed by atoms with Crippen molar-refractivity contribution in [3.05, 3.63) is 82.9 Å². The molecule has 0 aliphatic heterocycles. The zero-order valence-electron chi connectivity index (χ0n) is 16.8. The Labute approximate surface area is 171 Å². The van der Waals surface area contributed by atoms with E-state index in [0.29, 0.717) is 25.8 Å². The number of rotatable bonds is 8. The molecule has 1 N–H and O–H groups in total. The lowest BCUT2D eigenvalue weighted by molar-refractivity contribution is -0.121. The summed E-state index contributed by atoms with van der Waals surface area (Å²) >= 11 is 0. The first kappa shape index (κ1) is 20.3. The van der Waals surface area contributed by atoms with Crippen molar-refractivity contribution in [3.8, 4) is 6.07 Å². The summed E-state index contributed by atoms with van der Waals surface area (Å²) in [6, 6.07) is 17.4. The maximum absolute atomic E-state index is 12.8. The topological polar surface area (TPSA) is 83.6 Å². The van der Waals surface area contributed by atoms with Crippen molar-refractivity contribution in [1.29, 1.82) is 5.26 Å². The van der Waals surface area contributed by atoms with Crippen LogP contribution in [0.5, 0.6) is 0 Å². The lowest BCUT2D eigenvalue weighted by Gasteiger charge is -2.19. The van der Waals surface area contributed by atoms with Crippen LogP contribution in [0.3, 0.4) is 0 Å². The van der Waals surface area contributed by atoms with Crippen molar-refractivity contribution in [2.75, 3.05) is 0 Å². The number of aromatic nitrogens is 3. The fraction of sp³-hybridized carbons (Fsp3) is 0.304. The Morgan fingerprint density at radius 3 is 2.62 bits per heavy atom. The van der Waals surface area contributed by atoms with E-state index in [4.69, 9.17) is 5.26 Å². The molecule has 0 aliphatic rings. The van der Waals surface area contributed by atoms with Crippen LogP contribution in [-0.4, -0.2) is 20.7 Å². The van der Waals surface area contributed by atoms with Crippen LogP contribution in [-0.2, 0) is 17.8 Å². The highest BCUT2D eigenvalue weighted by molar-refractivity contribution is 5.77. The molecule has 29 heavy (non-hydrogen) atoms. The summed E-state index contributed by atoms with van der Waals surface area (Å²) in [6.07, 6.45) is 3.13. The monoisotopic (exact) mass is 387 g/mol. The van der Waals surface area contributed by atoms with Gasteiger partial charge in [-0.25, -0.2) is 0 Å². The number of nitrogens with one attached hydrogen (secondary N) is 1. The van der Waals surface area contributed by atoms with Gasteiger partial charge in [0.25, 0.3) is 0 Å². The van der Waals surface area contributed by atoms with Crippen LogP contribution in [0.1, 0.15) is 47.1 Å². The van der Waals surface area contributed by atoms with Gasteiger partial charge in [0, 0.05) is 18.3 Å². The van der Waals surface area contributed by atoms with Crippen LogP contribution < -0.4 is 5.32 Å². The second-order valence-electron chi connectivity index (χ2n) is 6.95. The van der Waals surface area contributed by atoms with E-state index in [1.54, 1.807) is 6.20 Å². The number of hydrogen-bond donors (Lipinski definition) is 1. The molecule has 148 valence electrons. The van der Waals surface area contributed by atoms with Gasteiger partial charge in [-0.15, -0.1) is 0 Å². The Hall–Kier alpha value is -3.46. The Morgan fingerprint density at radius 2 is 1.93 bits per heavy atom. The molecule has 1 amide bonds. The van der Waals surface area contributed by atoms with Gasteiger partial charge in [-0.1, -0.05) is 36.4 Å². The maximum atomic E-state index is 12.8. The second kappa shape index (κ2) is 9.65. The molecule has 1 aromatic carbocycles. The third kappa shape index (κ3) is 5.08. The first-order valence-electron chi connectivity index (χ1n) is 9.75. The lowest BCUT2D eigenvalue weighted by Crippen LogP contribution is -2.30. The lowest BCUT2D eigenvalue weighted by atomic mass is 10.0. The molecular formula is C23H25N5O. The van der Waals surface area contributed by atoms with Crippen molar-refractivity contribution in [2.24, 2.45) is 0 Å². The molecule has 2 heterocycles. The summed E-state index contributed by atoms with van der Waals surface area (Å²) in [7, 11) is 0. The predicted octanol–water partition coefficient (Wildman–Crippen LogP) is 3.65. The van der Waals surface area contributed by atoms with E-state index in [1.807, 2.05) is 67.1 Å². The first-order chi connectivity index (χ1) is 14.1. The van der Waals surface area contributed by atoms with E-state index in [1.165, 1.54) is 0 Å². The van der Waals surface area contributed by atoms with Crippen LogP contribution >= 0.6 is 0 Å². The quantitative estimate of drug-likeness (QED) is 0.639. The second-order valence-corrected chi connectivity index (χ2v) is 6.95. The van der Waals surface area contributed by atoms with Gasteiger partial charge in [-0.05, 0) is 43.5 Å². The number of aryl methyl sites for hydroxylation is 2. The number of nitriles is 1. The zero-order valence-corrected chi connectivity index (χ0v) is 16.8. The number of carbonyl (C=O) groups excluding carboxylic acids is 1. The minimum Gasteiger partial charge on any atom is -0.344 e. The van der Waals surface area contributed by atoms with E-state index in [9.17, 15) is 4.79 Å². The van der Waals surface area contributed by atoms with E-state index >= 15 is 0 Å². The van der Waals surface area contributed by atoms with Gasteiger partial charge >= 0.3 is 0 Å². The molecule has 0 bridgehead atoms. The predicted molar refractivity (Wildman–Crippen MR) is 111 cm³/mol. The molecule has 3 rings (SSSR count). The molecule has 0 radical (unpaired) electrons. The Kier molecular flexibility index (Phi) is 6.75. The van der Waals surface area contributed by atoms with Gasteiger partial charge in [0.05, 0.1) is 36.5 Å². The van der Waals surface area contributed by atoms with Crippen molar-refractivity contribution in [3.63, 3.8) is 0 Å². The Morgan fingerprint density at radius 1 is 1.17 bits per heavy atom. The van der Waals surface area contributed by atoms with Gasteiger partial charge in [0.2, 0.25) is 5.91 Å². The summed E-state index contributed by atoms with van der Waals surface area (Å²) in [6.45, 7) is 4.51. The van der Waals surface area contributed by atoms with Crippen LogP contribution in [0.4, 0.5) is 0 Å². The molecule has 6 nitrogen and oxygen atoms in total. The average Bonchev–Trinajstić information content (AvgIpc) is 3.02. The standard InChI is InChI=1S/C23H25N5O/c1-17-20(18(2)28(27-17)16-8-14-24)12-13-22(29)26-23(19-9-4-3-5-10-19)21-11-6-7-15-25-21/h3-7,9-11,15,23H,8,12-13,16H2,1-2H3,(H,26,29). The van der Waals surface area contributed by atoms with Gasteiger partial charge < -0.3 is 5.32 Å². The summed E-state index contributed by atoms with van der Waals surface area (Å²) in [5.41, 5.74) is 4.82. The van der Waals surface area contributed by atoms with E-state index in [2.05, 4.69) is 21.5 Å². The highest BCUT2D eigenvalue weighted by atomic mass is 16.1. The number of amides is 1. The average molecular weight is 387 g/mol. The molecule has 3 aromatic rings. The highest BCUT2D eigenvalue weighted by Crippen LogP contribution is 2.21. The maximum Gasteiger partial charge on any atom is 0.221 e. The molecule has 1 unspecified atom stereocenters. The number of nitrogens with zero attached hydrogens (tertiary/aromatic N) is 4. The number of carbonyl (C=O) groups is 1. The SMILES string of the molecule is Cc1nn(CCC#N)c(C)c1CCC(=O)NC(c1ccccc1)c1ccccn1. The van der Waals surface area contributed by atoms with Crippen molar-refractivity contribution in [1.82, 2.24) is 20.1 Å². The smallest absolute Gasteiger partial charge is 0.221 e. The molecular weight excluding hydrogens is 362 g/mol. The van der Waals surface area contributed by atoms with E-state index in [0.717, 1.165) is 28.2 Å². The number of benzene rings is 1. The molecule has 0 saturated heterocycles. The van der Waals surface area contributed by atoms with E-state index in [-0.39, 0.29) is 11.9 Å². The summed E-state index contributed by atoms with van der Waals surface area (Å²) in [5.74, 6) is -0.0342. The van der Waals surface area contributed by atoms with Gasteiger partial charge in [-0.2, -0.15) is 10.4 Å². The minimum atomic E-state index is -0.287. The van der Waals surface area contributed by atoms with Crippen LogP contribution in [0.2, 0.25) is 0 Å². The Balaban J connectivity index is 1.70. The summed E-state index contributed by atoms with van der Waals surface area (Å²) < 4.78 is 1.85. The first-order valence-corrected chi connectivity index (χ1v) is 9.75. The molecule has 1 atom stereocenters. The third-order valence-corrected chi connectivity index (χ3v) is 4.99. The van der Waals surface area contributed by atoms with E-state index < -0.39 is 0 Å². The molecule has 0 aliphatic carbocycles. The molecule has 0 fully saturated rings. The van der Waals surface area contributed by atoms with Gasteiger partial charge in [0.15, 0.2) is 0 Å². The Bertz CT molecular complexity index is 950. The fourth-order valence-electron chi connectivity index (χ4n) is 3.46. The molecule has 0 saturated carbocycles. The van der Waals surface area contributed by atoms with Gasteiger partial charge in [-0.3, -0.25) is 14.5 Å². The number of pyridine rings is 1. The molecule has 2 aromatic heterocycles. The van der Waals surface area contributed by atoms with Crippen LogP contribution in [0.15, 0.2) is 54.7 Å². The number of hydrogen-bond acceptors (Lipinski definition) is 4. The molecule has 0 spiro atoms. The van der Waals surface area contributed by atoms with Crippen LogP contribution in [0.25, 0.3) is 0 Å². The third-order valence-electron chi connectivity index (χ3n) is 4.99. The minimum absolute atomic E-state index is 0.0342. The zero-order chi connectivity index (χ0) is 20.6. The molecule has 6 heteroatoms. The fourth-order valence-corrected chi connectivity index (χ4v) is 3.46. The highest BCUT2D eigenvalue weighted by Gasteiger charge is 2.19. The van der Waals surface area contributed by atoms with Crippen molar-refractivity contribution >= 4 is 5.91 Å². The summed E-state index contributed by atoms with van der Waals surface area (Å²) in [4.78, 5) is 17.2. The largest absolute Gasteiger partial charge is 0.344 e. The van der Waals surface area contributed by atoms with Crippen molar-refractivity contribution < 1.29 is 4.79 Å².